The van der Waals surface area contributed by atoms with Crippen molar-refractivity contribution in [1.29, 1.82) is 0 Å². The molecule has 4 rings (SSSR count). The van der Waals surface area contributed by atoms with Crippen molar-refractivity contribution in [3.05, 3.63) is 64.1 Å². The van der Waals surface area contributed by atoms with Crippen LogP contribution in [0.3, 0.4) is 0 Å². The molecule has 0 saturated carbocycles. The van der Waals surface area contributed by atoms with Crippen molar-refractivity contribution in [2.24, 2.45) is 0 Å². The van der Waals surface area contributed by atoms with Crippen LogP contribution in [0.25, 0.3) is 9.81 Å². The topological polar surface area (TPSA) is 0 Å². The fourth-order valence-electron chi connectivity index (χ4n) is 1.83. The molecule has 0 unspecified atom stereocenters. The maximum atomic E-state index is 2.22. The molecule has 6 heteroatoms. The summed E-state index contributed by atoms with van der Waals surface area (Å²) >= 11 is 11.2. The first-order valence-electron chi connectivity index (χ1n) is 5.82. The van der Waals surface area contributed by atoms with E-state index in [-0.39, 0.29) is 0 Å². The third-order valence-electron chi connectivity index (χ3n) is 2.66. The monoisotopic (exact) mass is 368 g/mol. The van der Waals surface area contributed by atoms with Gasteiger partial charge in [-0.15, -0.1) is 22.7 Å². The Morgan fingerprint density at radius 3 is 1.65 bits per heavy atom. The minimum atomic E-state index is 1.38. The van der Waals surface area contributed by atoms with E-state index in [4.69, 9.17) is 0 Å². The molecule has 0 fully saturated rings. The number of rotatable bonds is 2. The van der Waals surface area contributed by atoms with Crippen LogP contribution in [0.4, 0.5) is 0 Å². The second-order valence-corrected chi connectivity index (χ2v) is 10.2. The SMILES string of the molecule is C1=CSC(=C2SC(c3cccs3)=C(c3cccs3)S2)S1. The summed E-state index contributed by atoms with van der Waals surface area (Å²) in [5.74, 6) is 0. The molecule has 0 saturated heterocycles. The van der Waals surface area contributed by atoms with Gasteiger partial charge in [0, 0.05) is 19.6 Å². The fourth-order valence-corrected chi connectivity index (χ4v) is 8.55. The van der Waals surface area contributed by atoms with Crippen molar-refractivity contribution < 1.29 is 0 Å². The third-order valence-corrected chi connectivity index (χ3v) is 10.0. The van der Waals surface area contributed by atoms with Gasteiger partial charge in [0.2, 0.25) is 0 Å². The molecule has 2 aliphatic rings. The Labute approximate surface area is 142 Å². The molecular formula is C14H8S6. The van der Waals surface area contributed by atoms with Crippen LogP contribution < -0.4 is 0 Å². The Morgan fingerprint density at radius 2 is 1.20 bits per heavy atom. The largest absolute Gasteiger partial charge is 0.143 e. The second-order valence-electron chi connectivity index (χ2n) is 3.90. The smallest absolute Gasteiger partial charge is 0.0707 e. The lowest BCUT2D eigenvalue weighted by molar-refractivity contribution is 1.92. The summed E-state index contributed by atoms with van der Waals surface area (Å²) in [6.07, 6.45) is 0. The standard InChI is InChI=1S/C14H8S6/c1-3-9(15-5-1)11-12(10-4-2-6-16-10)20-14(19-11)13-17-7-8-18-13/h1-8H. The molecule has 2 aromatic heterocycles. The fraction of sp³-hybridized carbons (Fsp3) is 0. The van der Waals surface area contributed by atoms with Gasteiger partial charge < -0.3 is 0 Å². The summed E-state index contributed by atoms with van der Waals surface area (Å²) in [4.78, 5) is 5.59. The lowest BCUT2D eigenvalue weighted by Gasteiger charge is -2.00. The highest BCUT2D eigenvalue weighted by molar-refractivity contribution is 8.37. The zero-order valence-corrected chi connectivity index (χ0v) is 15.0. The van der Waals surface area contributed by atoms with Gasteiger partial charge in [-0.05, 0) is 33.7 Å². The Kier molecular flexibility index (Phi) is 4.12. The molecule has 0 radical (unpaired) electrons. The van der Waals surface area contributed by atoms with E-state index >= 15 is 0 Å². The zero-order valence-electron chi connectivity index (χ0n) is 10.1. The minimum Gasteiger partial charge on any atom is -0.143 e. The van der Waals surface area contributed by atoms with Crippen molar-refractivity contribution in [3.8, 4) is 0 Å². The van der Waals surface area contributed by atoms with Gasteiger partial charge >= 0.3 is 0 Å². The van der Waals surface area contributed by atoms with Gasteiger partial charge in [-0.1, -0.05) is 59.2 Å². The van der Waals surface area contributed by atoms with Crippen LogP contribution in [-0.4, -0.2) is 0 Å². The molecule has 0 spiro atoms. The van der Waals surface area contributed by atoms with E-state index in [9.17, 15) is 0 Å². The molecule has 2 aromatic rings. The molecule has 0 atom stereocenters. The van der Waals surface area contributed by atoms with E-state index in [2.05, 4.69) is 45.8 Å². The van der Waals surface area contributed by atoms with Crippen LogP contribution in [-0.2, 0) is 0 Å². The zero-order chi connectivity index (χ0) is 13.4. The van der Waals surface area contributed by atoms with Gasteiger partial charge in [-0.25, -0.2) is 0 Å². The van der Waals surface area contributed by atoms with Crippen LogP contribution in [0.5, 0.6) is 0 Å². The predicted molar refractivity (Wildman–Crippen MR) is 102 cm³/mol. The average molecular weight is 369 g/mol. The molecule has 0 bridgehead atoms. The number of thioether (sulfide) groups is 4. The first kappa shape index (κ1) is 13.7. The van der Waals surface area contributed by atoms with Crippen LogP contribution in [0.1, 0.15) is 9.75 Å². The summed E-state index contributed by atoms with van der Waals surface area (Å²) in [5.41, 5.74) is 0. The number of hydrogen-bond acceptors (Lipinski definition) is 6. The number of hydrogen-bond donors (Lipinski definition) is 0. The van der Waals surface area contributed by atoms with E-state index in [1.165, 1.54) is 28.0 Å². The van der Waals surface area contributed by atoms with Crippen molar-refractivity contribution >= 4 is 79.5 Å². The van der Waals surface area contributed by atoms with Crippen molar-refractivity contribution in [2.45, 2.75) is 0 Å². The molecule has 0 aliphatic carbocycles. The Morgan fingerprint density at radius 1 is 0.650 bits per heavy atom. The van der Waals surface area contributed by atoms with Crippen molar-refractivity contribution in [1.82, 2.24) is 0 Å². The molecule has 20 heavy (non-hydrogen) atoms. The maximum absolute atomic E-state index is 2.22. The molecule has 4 heterocycles. The predicted octanol–water partition coefficient (Wildman–Crippen LogP) is 7.19. The van der Waals surface area contributed by atoms with Crippen LogP contribution >= 0.6 is 69.7 Å². The van der Waals surface area contributed by atoms with Gasteiger partial charge in [-0.2, -0.15) is 0 Å². The highest BCUT2D eigenvalue weighted by Gasteiger charge is 2.27. The lowest BCUT2D eigenvalue weighted by Crippen LogP contribution is -1.73. The second kappa shape index (κ2) is 6.02. The van der Waals surface area contributed by atoms with E-state index in [0.29, 0.717) is 0 Å². The number of thiophene rings is 2. The van der Waals surface area contributed by atoms with E-state index < -0.39 is 0 Å². The summed E-state index contributed by atoms with van der Waals surface area (Å²) in [7, 11) is 0. The van der Waals surface area contributed by atoms with Gasteiger partial charge in [0.1, 0.15) is 0 Å². The highest BCUT2D eigenvalue weighted by Crippen LogP contribution is 2.62. The van der Waals surface area contributed by atoms with Crippen molar-refractivity contribution in [3.63, 3.8) is 0 Å². The Hall–Kier alpha value is 0.0200. The van der Waals surface area contributed by atoms with Gasteiger partial charge in [0.15, 0.2) is 0 Å². The maximum Gasteiger partial charge on any atom is 0.0707 e. The van der Waals surface area contributed by atoms with Gasteiger partial charge in [-0.3, -0.25) is 0 Å². The van der Waals surface area contributed by atoms with E-state index in [0.717, 1.165) is 0 Å². The Balaban J connectivity index is 1.77. The first-order chi connectivity index (χ1) is 9.92. The molecule has 0 amide bonds. The normalized spacial score (nSPS) is 18.6. The lowest BCUT2D eigenvalue weighted by atomic mass is 10.3. The summed E-state index contributed by atoms with van der Waals surface area (Å²) < 4.78 is 2.84. The van der Waals surface area contributed by atoms with Gasteiger partial charge in [0.05, 0.1) is 8.47 Å². The minimum absolute atomic E-state index is 1.38. The first-order valence-corrected chi connectivity index (χ1v) is 11.0. The molecule has 0 N–H and O–H groups in total. The van der Waals surface area contributed by atoms with E-state index in [1.807, 2.05) is 69.7 Å². The summed E-state index contributed by atoms with van der Waals surface area (Å²) in [5, 5.41) is 8.65. The Bertz CT molecular complexity index is 645. The summed E-state index contributed by atoms with van der Waals surface area (Å²) in [6.45, 7) is 0. The van der Waals surface area contributed by atoms with Gasteiger partial charge in [0.25, 0.3) is 0 Å². The van der Waals surface area contributed by atoms with Crippen LogP contribution in [0.2, 0.25) is 0 Å². The molecular weight excluding hydrogens is 361 g/mol. The van der Waals surface area contributed by atoms with Crippen molar-refractivity contribution in [2.75, 3.05) is 0 Å². The van der Waals surface area contributed by atoms with E-state index in [1.54, 1.807) is 0 Å². The van der Waals surface area contributed by atoms with Crippen LogP contribution in [0.15, 0.2) is 54.3 Å². The quantitative estimate of drug-likeness (QED) is 0.549. The molecule has 0 nitrogen and oxygen atoms in total. The molecule has 0 aromatic carbocycles. The average Bonchev–Trinajstić information content (AvgIpc) is 3.22. The van der Waals surface area contributed by atoms with Crippen LogP contribution in [0, 0.1) is 0 Å². The molecule has 100 valence electrons. The summed E-state index contributed by atoms with van der Waals surface area (Å²) in [6, 6.07) is 8.72. The third kappa shape index (κ3) is 2.58. The highest BCUT2D eigenvalue weighted by atomic mass is 32.2. The molecule has 2 aliphatic heterocycles.